The summed E-state index contributed by atoms with van der Waals surface area (Å²) in [5.41, 5.74) is 0.101. The number of hydrogen-bond donors (Lipinski definition) is 0. The Balaban J connectivity index is 1.85. The second kappa shape index (κ2) is 8.03. The molecule has 3 rings (SSSR count). The second-order valence-electron chi connectivity index (χ2n) is 6.80. The van der Waals surface area contributed by atoms with Gasteiger partial charge >= 0.3 is 5.97 Å². The van der Waals surface area contributed by atoms with Gasteiger partial charge in [0, 0.05) is 25.2 Å². The van der Waals surface area contributed by atoms with Crippen molar-refractivity contribution in [2.75, 3.05) is 18.0 Å². The zero-order chi connectivity index (χ0) is 20.3. The maximum atomic E-state index is 12.4. The number of hydrogen-bond acceptors (Lipinski definition) is 7. The number of anilines is 1. The molecule has 28 heavy (non-hydrogen) atoms. The maximum Gasteiger partial charge on any atom is 0.343 e. The first-order chi connectivity index (χ1) is 13.3. The molecule has 2 aromatic carbocycles. The Hall–Kier alpha value is -3.49. The molecule has 2 aromatic rings. The minimum Gasteiger partial charge on any atom is -0.423 e. The predicted molar refractivity (Wildman–Crippen MR) is 102 cm³/mol. The molecule has 0 radical (unpaired) electrons. The van der Waals surface area contributed by atoms with E-state index in [9.17, 15) is 25.0 Å². The molecule has 1 saturated heterocycles. The van der Waals surface area contributed by atoms with Crippen molar-refractivity contribution in [2.24, 2.45) is 5.92 Å². The van der Waals surface area contributed by atoms with E-state index in [1.54, 1.807) is 6.07 Å². The summed E-state index contributed by atoms with van der Waals surface area (Å²) in [5.74, 6) is -0.384. The normalized spacial score (nSPS) is 16.5. The molecule has 146 valence electrons. The minimum atomic E-state index is -0.817. The third kappa shape index (κ3) is 4.25. The van der Waals surface area contributed by atoms with Gasteiger partial charge in [-0.25, -0.2) is 4.79 Å². The van der Waals surface area contributed by atoms with Crippen LogP contribution in [0.5, 0.6) is 5.75 Å². The summed E-state index contributed by atoms with van der Waals surface area (Å²) in [5, 5.41) is 22.4. The molecule has 0 N–H and O–H groups in total. The molecular weight excluding hydrogens is 366 g/mol. The first-order valence-corrected chi connectivity index (χ1v) is 8.85. The van der Waals surface area contributed by atoms with Crippen molar-refractivity contribution in [2.45, 2.75) is 19.8 Å². The Bertz CT molecular complexity index is 930. The fourth-order valence-electron chi connectivity index (χ4n) is 3.30. The standard InChI is InChI=1S/C19H19N3O6/c1-13-4-3-9-20(12-13)17-8-7-14(10-18(17)22(26)27)19(23)28-16-6-2-5-15(11-16)21(24)25/h2,5-8,10-11,13H,3-4,9,12H2,1H3/t13-/m1/s1. The van der Waals surface area contributed by atoms with E-state index in [4.69, 9.17) is 4.74 Å². The molecule has 0 aromatic heterocycles. The highest BCUT2D eigenvalue weighted by molar-refractivity contribution is 5.93. The van der Waals surface area contributed by atoms with Gasteiger partial charge in [0.05, 0.1) is 21.5 Å². The number of esters is 1. The number of benzene rings is 2. The average molecular weight is 385 g/mol. The molecule has 0 unspecified atom stereocenters. The lowest BCUT2D eigenvalue weighted by molar-refractivity contribution is -0.385. The van der Waals surface area contributed by atoms with Crippen LogP contribution >= 0.6 is 0 Å². The van der Waals surface area contributed by atoms with Gasteiger partial charge in [-0.05, 0) is 37.0 Å². The van der Waals surface area contributed by atoms with Gasteiger partial charge in [-0.2, -0.15) is 0 Å². The maximum absolute atomic E-state index is 12.4. The molecule has 0 spiro atoms. The van der Waals surface area contributed by atoms with E-state index in [0.29, 0.717) is 11.6 Å². The van der Waals surface area contributed by atoms with Gasteiger partial charge in [0.25, 0.3) is 11.4 Å². The molecule has 0 aliphatic carbocycles. The fourth-order valence-corrected chi connectivity index (χ4v) is 3.30. The first-order valence-electron chi connectivity index (χ1n) is 8.85. The smallest absolute Gasteiger partial charge is 0.343 e. The quantitative estimate of drug-likeness (QED) is 0.331. The number of rotatable bonds is 5. The van der Waals surface area contributed by atoms with E-state index in [0.717, 1.165) is 32.0 Å². The van der Waals surface area contributed by atoms with Crippen molar-refractivity contribution in [3.63, 3.8) is 0 Å². The lowest BCUT2D eigenvalue weighted by atomic mass is 9.99. The van der Waals surface area contributed by atoms with Crippen molar-refractivity contribution in [1.29, 1.82) is 0 Å². The van der Waals surface area contributed by atoms with Crippen LogP contribution in [0.4, 0.5) is 17.1 Å². The zero-order valence-corrected chi connectivity index (χ0v) is 15.2. The summed E-state index contributed by atoms with van der Waals surface area (Å²) in [6.45, 7) is 3.55. The molecule has 0 amide bonds. The minimum absolute atomic E-state index is 0.00390. The summed E-state index contributed by atoms with van der Waals surface area (Å²) in [7, 11) is 0. The topological polar surface area (TPSA) is 116 Å². The monoisotopic (exact) mass is 385 g/mol. The second-order valence-corrected chi connectivity index (χ2v) is 6.80. The zero-order valence-electron chi connectivity index (χ0n) is 15.2. The summed E-state index contributed by atoms with van der Waals surface area (Å²) >= 11 is 0. The fraction of sp³-hybridized carbons (Fsp3) is 0.316. The predicted octanol–water partition coefficient (Wildman–Crippen LogP) is 3.96. The van der Waals surface area contributed by atoms with Crippen LogP contribution < -0.4 is 9.64 Å². The van der Waals surface area contributed by atoms with Crippen LogP contribution in [0, 0.1) is 26.1 Å². The number of piperidine rings is 1. The molecule has 9 nitrogen and oxygen atoms in total. The van der Waals surface area contributed by atoms with Crippen molar-refractivity contribution in [3.05, 3.63) is 68.3 Å². The first kappa shape index (κ1) is 19.3. The van der Waals surface area contributed by atoms with Crippen LogP contribution in [-0.2, 0) is 0 Å². The van der Waals surface area contributed by atoms with E-state index in [-0.39, 0.29) is 22.7 Å². The Morgan fingerprint density at radius 1 is 1.14 bits per heavy atom. The van der Waals surface area contributed by atoms with Crippen molar-refractivity contribution >= 4 is 23.0 Å². The Kier molecular flexibility index (Phi) is 5.53. The third-order valence-corrected chi connectivity index (χ3v) is 4.64. The average Bonchev–Trinajstić information content (AvgIpc) is 2.67. The number of carbonyl (C=O) groups is 1. The van der Waals surface area contributed by atoms with Gasteiger partial charge in [-0.15, -0.1) is 0 Å². The summed E-state index contributed by atoms with van der Waals surface area (Å²) in [6, 6.07) is 9.41. The number of nitro groups is 2. The number of carbonyl (C=O) groups excluding carboxylic acids is 1. The van der Waals surface area contributed by atoms with Crippen LogP contribution in [0.25, 0.3) is 0 Å². The molecule has 1 aliphatic heterocycles. The molecule has 1 heterocycles. The van der Waals surface area contributed by atoms with Gasteiger partial charge < -0.3 is 9.64 Å². The van der Waals surface area contributed by atoms with Crippen LogP contribution in [0.3, 0.4) is 0 Å². The van der Waals surface area contributed by atoms with Gasteiger partial charge in [-0.3, -0.25) is 20.2 Å². The molecule has 9 heteroatoms. The molecule has 1 fully saturated rings. The van der Waals surface area contributed by atoms with Crippen molar-refractivity contribution in [1.82, 2.24) is 0 Å². The lowest BCUT2D eigenvalue weighted by Gasteiger charge is -2.32. The molecule has 0 saturated carbocycles. The Morgan fingerprint density at radius 2 is 1.93 bits per heavy atom. The Morgan fingerprint density at radius 3 is 2.61 bits per heavy atom. The van der Waals surface area contributed by atoms with Crippen LogP contribution in [0.2, 0.25) is 0 Å². The summed E-state index contributed by atoms with van der Waals surface area (Å²) < 4.78 is 5.15. The van der Waals surface area contributed by atoms with Gasteiger partial charge in [0.15, 0.2) is 0 Å². The highest BCUT2D eigenvalue weighted by atomic mass is 16.6. The third-order valence-electron chi connectivity index (χ3n) is 4.64. The van der Waals surface area contributed by atoms with E-state index >= 15 is 0 Å². The molecule has 1 aliphatic rings. The molecule has 0 bridgehead atoms. The van der Waals surface area contributed by atoms with Crippen molar-refractivity contribution in [3.8, 4) is 5.75 Å². The largest absolute Gasteiger partial charge is 0.423 e. The number of nitro benzene ring substituents is 2. The van der Waals surface area contributed by atoms with Crippen LogP contribution in [-0.4, -0.2) is 28.9 Å². The van der Waals surface area contributed by atoms with Crippen LogP contribution in [0.1, 0.15) is 30.1 Å². The van der Waals surface area contributed by atoms with Gasteiger partial charge in [-0.1, -0.05) is 13.0 Å². The van der Waals surface area contributed by atoms with Gasteiger partial charge in [0.1, 0.15) is 11.4 Å². The van der Waals surface area contributed by atoms with Crippen LogP contribution in [0.15, 0.2) is 42.5 Å². The molecular formula is C19H19N3O6. The van der Waals surface area contributed by atoms with E-state index in [1.165, 1.54) is 30.3 Å². The SMILES string of the molecule is C[C@@H]1CCCN(c2ccc(C(=O)Oc3cccc([N+](=O)[O-])c3)cc2[N+](=O)[O-])C1. The number of ether oxygens (including phenoxy) is 1. The van der Waals surface area contributed by atoms with E-state index < -0.39 is 15.8 Å². The lowest BCUT2D eigenvalue weighted by Crippen LogP contribution is -2.34. The number of nitrogens with zero attached hydrogens (tertiary/aromatic N) is 3. The van der Waals surface area contributed by atoms with E-state index in [2.05, 4.69) is 6.92 Å². The summed E-state index contributed by atoms with van der Waals surface area (Å²) in [4.78, 5) is 35.6. The highest BCUT2D eigenvalue weighted by Crippen LogP contribution is 2.33. The van der Waals surface area contributed by atoms with Crippen molar-refractivity contribution < 1.29 is 19.4 Å². The molecule has 1 atom stereocenters. The highest BCUT2D eigenvalue weighted by Gasteiger charge is 2.25. The Labute approximate surface area is 160 Å². The summed E-state index contributed by atoms with van der Waals surface area (Å²) in [6.07, 6.45) is 2.03. The van der Waals surface area contributed by atoms with Gasteiger partial charge in [0.2, 0.25) is 0 Å². The number of non-ortho nitro benzene ring substituents is 1. The van der Waals surface area contributed by atoms with E-state index in [1.807, 2.05) is 4.90 Å².